The number of ether oxygens (including phenoxy) is 1. The Morgan fingerprint density at radius 3 is 2.94 bits per heavy atom. The van der Waals surface area contributed by atoms with E-state index in [2.05, 4.69) is 10.3 Å². The van der Waals surface area contributed by atoms with E-state index in [0.29, 0.717) is 12.5 Å². The monoisotopic (exact) mass is 268 g/mol. The van der Waals surface area contributed by atoms with Crippen molar-refractivity contribution in [3.05, 3.63) is 35.3 Å². The lowest BCUT2D eigenvalue weighted by Crippen LogP contribution is -1.97. The lowest BCUT2D eigenvalue weighted by atomic mass is 10.3. The van der Waals surface area contributed by atoms with Crippen LogP contribution in [-0.2, 0) is 5.88 Å². The van der Waals surface area contributed by atoms with E-state index in [4.69, 9.17) is 16.3 Å². The molecule has 1 heterocycles. The largest absolute Gasteiger partial charge is 0.492 e. The Labute approximate surface area is 109 Å². The molecule has 0 atom stereocenters. The highest BCUT2D eigenvalue weighted by Crippen LogP contribution is 2.29. The molecule has 2 rings (SSSR count). The summed E-state index contributed by atoms with van der Waals surface area (Å²) in [4.78, 5) is 4.35. The molecule has 5 heteroatoms. The molecule has 0 saturated carbocycles. The molecule has 0 aliphatic rings. The number of nitrogens with one attached hydrogen (secondary N) is 1. The topological polar surface area (TPSA) is 34.1 Å². The van der Waals surface area contributed by atoms with Crippen LogP contribution in [0.15, 0.2) is 29.6 Å². The molecule has 17 heavy (non-hydrogen) atoms. The zero-order valence-electron chi connectivity index (χ0n) is 9.44. The molecule has 0 radical (unpaired) electrons. The Kier molecular flexibility index (Phi) is 4.23. The van der Waals surface area contributed by atoms with Crippen LogP contribution in [-0.4, -0.2) is 11.6 Å². The summed E-state index contributed by atoms with van der Waals surface area (Å²) in [5.41, 5.74) is 1.80. The van der Waals surface area contributed by atoms with Gasteiger partial charge in [-0.3, -0.25) is 0 Å². The molecule has 0 fully saturated rings. The third-order valence-corrected chi connectivity index (χ3v) is 3.20. The number of alkyl halides is 1. The van der Waals surface area contributed by atoms with E-state index in [1.165, 1.54) is 11.3 Å². The fourth-order valence-corrected chi connectivity index (χ4v) is 2.34. The Hall–Kier alpha value is -1.26. The highest BCUT2D eigenvalue weighted by Gasteiger charge is 2.05. The molecule has 3 nitrogen and oxygen atoms in total. The molecule has 90 valence electrons. The van der Waals surface area contributed by atoms with Crippen LogP contribution in [0.4, 0.5) is 10.8 Å². The number of nitrogens with zero attached hydrogens (tertiary/aromatic N) is 1. The number of para-hydroxylation sites is 2. The number of benzene rings is 1. The molecule has 0 amide bonds. The van der Waals surface area contributed by atoms with Gasteiger partial charge in [-0.1, -0.05) is 12.1 Å². The molecular formula is C12H13ClN2OS. The minimum absolute atomic E-state index is 0.436. The maximum atomic E-state index is 5.72. The van der Waals surface area contributed by atoms with Crippen molar-refractivity contribution >= 4 is 33.8 Å². The summed E-state index contributed by atoms with van der Waals surface area (Å²) >= 11 is 7.25. The molecule has 1 aromatic heterocycles. The first-order valence-corrected chi connectivity index (χ1v) is 6.74. The van der Waals surface area contributed by atoms with Gasteiger partial charge in [0.1, 0.15) is 5.75 Å². The Bertz CT molecular complexity index is 487. The summed E-state index contributed by atoms with van der Waals surface area (Å²) in [5, 5.41) is 6.01. The SMILES string of the molecule is CCOc1ccccc1Nc1nc(CCl)cs1. The fraction of sp³-hybridized carbons (Fsp3) is 0.250. The van der Waals surface area contributed by atoms with Gasteiger partial charge in [-0.05, 0) is 19.1 Å². The van der Waals surface area contributed by atoms with Crippen LogP contribution in [0.1, 0.15) is 12.6 Å². The maximum absolute atomic E-state index is 5.72. The normalized spacial score (nSPS) is 10.2. The number of hydrogen-bond donors (Lipinski definition) is 1. The van der Waals surface area contributed by atoms with E-state index in [-0.39, 0.29) is 0 Å². The van der Waals surface area contributed by atoms with Gasteiger partial charge in [-0.2, -0.15) is 0 Å². The van der Waals surface area contributed by atoms with Crippen molar-refractivity contribution in [3.8, 4) is 5.75 Å². The van der Waals surface area contributed by atoms with Crippen LogP contribution < -0.4 is 10.1 Å². The number of halogens is 1. The highest BCUT2D eigenvalue weighted by atomic mass is 35.5. The first-order valence-electron chi connectivity index (χ1n) is 5.32. The average molecular weight is 269 g/mol. The Balaban J connectivity index is 2.17. The average Bonchev–Trinajstić information content (AvgIpc) is 2.80. The van der Waals surface area contributed by atoms with Crippen LogP contribution in [0.2, 0.25) is 0 Å². The predicted molar refractivity (Wildman–Crippen MR) is 72.6 cm³/mol. The van der Waals surface area contributed by atoms with Crippen molar-refractivity contribution in [1.82, 2.24) is 4.98 Å². The van der Waals surface area contributed by atoms with Gasteiger partial charge >= 0.3 is 0 Å². The highest BCUT2D eigenvalue weighted by molar-refractivity contribution is 7.13. The standard InChI is InChI=1S/C12H13ClN2OS/c1-2-16-11-6-4-3-5-10(11)15-12-14-9(7-13)8-17-12/h3-6,8H,2,7H2,1H3,(H,14,15). The molecule has 0 unspecified atom stereocenters. The Morgan fingerprint density at radius 2 is 2.24 bits per heavy atom. The third-order valence-electron chi connectivity index (χ3n) is 2.12. The molecular weight excluding hydrogens is 256 g/mol. The van der Waals surface area contributed by atoms with Crippen molar-refractivity contribution in [2.75, 3.05) is 11.9 Å². The zero-order chi connectivity index (χ0) is 12.1. The number of aromatic nitrogens is 1. The second kappa shape index (κ2) is 5.89. The van der Waals surface area contributed by atoms with E-state index in [1.807, 2.05) is 36.6 Å². The third kappa shape index (κ3) is 3.11. The van der Waals surface area contributed by atoms with Gasteiger partial charge in [0, 0.05) is 5.38 Å². The molecule has 0 spiro atoms. The summed E-state index contributed by atoms with van der Waals surface area (Å²) in [6.45, 7) is 2.61. The summed E-state index contributed by atoms with van der Waals surface area (Å²) in [6, 6.07) is 7.80. The first kappa shape index (κ1) is 12.2. The van der Waals surface area contributed by atoms with Gasteiger partial charge in [0.2, 0.25) is 0 Å². The van der Waals surface area contributed by atoms with E-state index >= 15 is 0 Å². The van der Waals surface area contributed by atoms with Gasteiger partial charge in [0.25, 0.3) is 0 Å². The number of hydrogen-bond acceptors (Lipinski definition) is 4. The fourth-order valence-electron chi connectivity index (χ4n) is 1.39. The van der Waals surface area contributed by atoms with Gasteiger partial charge in [-0.25, -0.2) is 4.98 Å². The molecule has 1 N–H and O–H groups in total. The zero-order valence-corrected chi connectivity index (χ0v) is 11.0. The van der Waals surface area contributed by atoms with Crippen LogP contribution >= 0.6 is 22.9 Å². The predicted octanol–water partition coefficient (Wildman–Crippen LogP) is 4.02. The smallest absolute Gasteiger partial charge is 0.187 e. The van der Waals surface area contributed by atoms with E-state index in [0.717, 1.165) is 22.3 Å². The van der Waals surface area contributed by atoms with Crippen LogP contribution in [0.25, 0.3) is 0 Å². The lowest BCUT2D eigenvalue weighted by molar-refractivity contribution is 0.342. The lowest BCUT2D eigenvalue weighted by Gasteiger charge is -2.09. The second-order valence-corrected chi connectivity index (χ2v) is 4.46. The van der Waals surface area contributed by atoms with Crippen molar-refractivity contribution in [3.63, 3.8) is 0 Å². The number of anilines is 2. The number of rotatable bonds is 5. The minimum Gasteiger partial charge on any atom is -0.492 e. The Morgan fingerprint density at radius 1 is 1.41 bits per heavy atom. The minimum atomic E-state index is 0.436. The molecule has 0 aliphatic carbocycles. The van der Waals surface area contributed by atoms with Gasteiger partial charge in [-0.15, -0.1) is 22.9 Å². The molecule has 1 aromatic carbocycles. The molecule has 0 bridgehead atoms. The quantitative estimate of drug-likeness (QED) is 0.832. The molecule has 0 saturated heterocycles. The van der Waals surface area contributed by atoms with Crippen molar-refractivity contribution < 1.29 is 4.74 Å². The van der Waals surface area contributed by atoms with E-state index in [9.17, 15) is 0 Å². The molecule has 2 aromatic rings. The summed E-state index contributed by atoms with van der Waals surface area (Å²) < 4.78 is 5.53. The van der Waals surface area contributed by atoms with Crippen molar-refractivity contribution in [2.45, 2.75) is 12.8 Å². The van der Waals surface area contributed by atoms with E-state index < -0.39 is 0 Å². The van der Waals surface area contributed by atoms with E-state index in [1.54, 1.807) is 0 Å². The van der Waals surface area contributed by atoms with Gasteiger partial charge in [0.15, 0.2) is 5.13 Å². The molecule has 0 aliphatic heterocycles. The summed E-state index contributed by atoms with van der Waals surface area (Å²) in [6.07, 6.45) is 0. The first-order chi connectivity index (χ1) is 8.33. The maximum Gasteiger partial charge on any atom is 0.187 e. The van der Waals surface area contributed by atoms with Crippen molar-refractivity contribution in [1.29, 1.82) is 0 Å². The van der Waals surface area contributed by atoms with Crippen LogP contribution in [0.5, 0.6) is 5.75 Å². The summed E-state index contributed by atoms with van der Waals surface area (Å²) in [5.74, 6) is 1.27. The second-order valence-electron chi connectivity index (χ2n) is 3.33. The van der Waals surface area contributed by atoms with Gasteiger partial charge in [0.05, 0.1) is 23.9 Å². The van der Waals surface area contributed by atoms with Gasteiger partial charge < -0.3 is 10.1 Å². The summed E-state index contributed by atoms with van der Waals surface area (Å²) in [7, 11) is 0. The van der Waals surface area contributed by atoms with Crippen LogP contribution in [0, 0.1) is 0 Å². The van der Waals surface area contributed by atoms with Crippen molar-refractivity contribution in [2.24, 2.45) is 0 Å². The van der Waals surface area contributed by atoms with Crippen LogP contribution in [0.3, 0.4) is 0 Å². The number of thiazole rings is 1.